The maximum atomic E-state index is 3.95. The monoisotopic (exact) mass is 161 g/mol. The molecule has 0 spiro atoms. The van der Waals surface area contributed by atoms with Gasteiger partial charge in [0.25, 0.3) is 0 Å². The molecule has 0 aliphatic heterocycles. The Labute approximate surface area is 75.6 Å². The fraction of sp³-hybridized carbons (Fsp3) is 0.417. The van der Waals surface area contributed by atoms with Crippen molar-refractivity contribution in [1.82, 2.24) is 0 Å². The number of benzene rings is 1. The van der Waals surface area contributed by atoms with E-state index in [0.717, 1.165) is 6.42 Å². The lowest BCUT2D eigenvalue weighted by Crippen LogP contribution is -1.97. The average Bonchev–Trinajstić information content (AvgIpc) is 2.01. The molecule has 0 saturated heterocycles. The molecule has 0 aliphatic carbocycles. The van der Waals surface area contributed by atoms with Crippen LogP contribution in [0.4, 0.5) is 0 Å². The fourth-order valence-electron chi connectivity index (χ4n) is 1.72. The summed E-state index contributed by atoms with van der Waals surface area (Å²) in [4.78, 5) is 0. The molecule has 1 aromatic carbocycles. The van der Waals surface area contributed by atoms with Gasteiger partial charge in [0.05, 0.1) is 0 Å². The van der Waals surface area contributed by atoms with Gasteiger partial charge in [0.1, 0.15) is 0 Å². The second-order valence-corrected chi connectivity index (χ2v) is 3.49. The van der Waals surface area contributed by atoms with Crippen LogP contribution in [0, 0.1) is 34.6 Å². The van der Waals surface area contributed by atoms with Crippen LogP contribution in [0.2, 0.25) is 0 Å². The van der Waals surface area contributed by atoms with Gasteiger partial charge in [-0.2, -0.15) is 0 Å². The van der Waals surface area contributed by atoms with Gasteiger partial charge in [-0.15, -0.1) is 0 Å². The van der Waals surface area contributed by atoms with Crippen LogP contribution in [-0.2, 0) is 6.42 Å². The van der Waals surface area contributed by atoms with Gasteiger partial charge in [-0.05, 0) is 68.9 Å². The predicted octanol–water partition coefficient (Wildman–Crippen LogP) is 3.30. The smallest absolute Gasteiger partial charge is 0.0273 e. The molecule has 0 heteroatoms. The van der Waals surface area contributed by atoms with Gasteiger partial charge in [0.15, 0.2) is 0 Å². The minimum Gasteiger partial charge on any atom is -0.0558 e. The summed E-state index contributed by atoms with van der Waals surface area (Å²) in [6.45, 7) is 12.7. The van der Waals surface area contributed by atoms with Crippen molar-refractivity contribution in [3.8, 4) is 0 Å². The van der Waals surface area contributed by atoms with Crippen LogP contribution in [0.25, 0.3) is 0 Å². The van der Waals surface area contributed by atoms with Crippen LogP contribution in [0.15, 0.2) is 6.07 Å². The third-order valence-electron chi connectivity index (χ3n) is 2.77. The molecule has 0 atom stereocenters. The largest absolute Gasteiger partial charge is 0.0558 e. The van der Waals surface area contributed by atoms with Crippen molar-refractivity contribution in [3.05, 3.63) is 40.8 Å². The highest BCUT2D eigenvalue weighted by Gasteiger charge is 2.05. The molecule has 0 bridgehead atoms. The molecule has 0 aliphatic rings. The second-order valence-electron chi connectivity index (χ2n) is 3.49. The van der Waals surface area contributed by atoms with Gasteiger partial charge in [-0.25, -0.2) is 0 Å². The standard InChI is InChI=1S/C12H17/c1-6-12-9(3)7-8(2)10(4)11(12)5/h7H,1,6H2,2-5H3. The van der Waals surface area contributed by atoms with E-state index in [1.807, 2.05) is 0 Å². The lowest BCUT2D eigenvalue weighted by molar-refractivity contribution is 1.12. The van der Waals surface area contributed by atoms with Crippen molar-refractivity contribution in [1.29, 1.82) is 0 Å². The van der Waals surface area contributed by atoms with Crippen LogP contribution in [0.5, 0.6) is 0 Å². The summed E-state index contributed by atoms with van der Waals surface area (Å²) < 4.78 is 0. The molecule has 65 valence electrons. The lowest BCUT2D eigenvalue weighted by Gasteiger charge is -2.12. The Hall–Kier alpha value is -0.780. The van der Waals surface area contributed by atoms with Gasteiger partial charge in [0, 0.05) is 0 Å². The van der Waals surface area contributed by atoms with Gasteiger partial charge < -0.3 is 0 Å². The van der Waals surface area contributed by atoms with Crippen LogP contribution in [0.3, 0.4) is 0 Å². The zero-order chi connectivity index (χ0) is 9.30. The van der Waals surface area contributed by atoms with Crippen LogP contribution >= 0.6 is 0 Å². The van der Waals surface area contributed by atoms with Gasteiger partial charge >= 0.3 is 0 Å². The van der Waals surface area contributed by atoms with E-state index in [9.17, 15) is 0 Å². The summed E-state index contributed by atoms with van der Waals surface area (Å²) >= 11 is 0. The molecule has 12 heavy (non-hydrogen) atoms. The second kappa shape index (κ2) is 3.30. The quantitative estimate of drug-likeness (QED) is 0.593. The van der Waals surface area contributed by atoms with E-state index in [1.54, 1.807) is 0 Å². The molecular formula is C12H17. The summed E-state index contributed by atoms with van der Waals surface area (Å²) in [7, 11) is 0. The molecule has 1 aromatic rings. The van der Waals surface area contributed by atoms with Gasteiger partial charge in [-0.1, -0.05) is 6.07 Å². The molecule has 1 radical (unpaired) electrons. The van der Waals surface area contributed by atoms with Crippen LogP contribution < -0.4 is 0 Å². The van der Waals surface area contributed by atoms with E-state index in [-0.39, 0.29) is 0 Å². The van der Waals surface area contributed by atoms with E-state index >= 15 is 0 Å². The number of aryl methyl sites for hydroxylation is 2. The Morgan fingerprint density at radius 1 is 1.00 bits per heavy atom. The average molecular weight is 161 g/mol. The first-order valence-electron chi connectivity index (χ1n) is 4.43. The SMILES string of the molecule is [CH2]Cc1c(C)cc(C)c(C)c1C. The lowest BCUT2D eigenvalue weighted by atomic mass is 9.93. The number of hydrogen-bond donors (Lipinski definition) is 0. The maximum Gasteiger partial charge on any atom is -0.0273 e. The van der Waals surface area contributed by atoms with E-state index in [2.05, 4.69) is 40.7 Å². The first-order valence-corrected chi connectivity index (χ1v) is 4.43. The highest BCUT2D eigenvalue weighted by Crippen LogP contribution is 2.21. The Morgan fingerprint density at radius 2 is 1.58 bits per heavy atom. The molecule has 0 heterocycles. The minimum absolute atomic E-state index is 0.902. The molecular weight excluding hydrogens is 144 g/mol. The van der Waals surface area contributed by atoms with Crippen molar-refractivity contribution < 1.29 is 0 Å². The Kier molecular flexibility index (Phi) is 2.56. The zero-order valence-corrected chi connectivity index (χ0v) is 8.49. The van der Waals surface area contributed by atoms with Crippen molar-refractivity contribution >= 4 is 0 Å². The summed E-state index contributed by atoms with van der Waals surface area (Å²) in [6, 6.07) is 2.25. The molecule has 0 nitrogen and oxygen atoms in total. The summed E-state index contributed by atoms with van der Waals surface area (Å²) in [6.07, 6.45) is 0.902. The molecule has 0 aromatic heterocycles. The van der Waals surface area contributed by atoms with E-state index in [1.165, 1.54) is 27.8 Å². The van der Waals surface area contributed by atoms with Crippen LogP contribution in [-0.4, -0.2) is 0 Å². The van der Waals surface area contributed by atoms with Gasteiger partial charge in [-0.3, -0.25) is 0 Å². The molecule has 1 rings (SSSR count). The highest BCUT2D eigenvalue weighted by atomic mass is 14.1. The van der Waals surface area contributed by atoms with E-state index in [0.29, 0.717) is 0 Å². The normalized spacial score (nSPS) is 10.4. The Bertz CT molecular complexity index is 295. The summed E-state index contributed by atoms with van der Waals surface area (Å²) in [5.74, 6) is 0. The first kappa shape index (κ1) is 9.31. The third-order valence-corrected chi connectivity index (χ3v) is 2.77. The van der Waals surface area contributed by atoms with Crippen molar-refractivity contribution in [2.45, 2.75) is 34.1 Å². The summed E-state index contributed by atoms with van der Waals surface area (Å²) in [5.41, 5.74) is 7.02. The predicted molar refractivity (Wildman–Crippen MR) is 54.5 cm³/mol. The summed E-state index contributed by atoms with van der Waals surface area (Å²) in [5, 5.41) is 0. The van der Waals surface area contributed by atoms with Crippen molar-refractivity contribution in [3.63, 3.8) is 0 Å². The van der Waals surface area contributed by atoms with Crippen molar-refractivity contribution in [2.75, 3.05) is 0 Å². The van der Waals surface area contributed by atoms with E-state index < -0.39 is 0 Å². The van der Waals surface area contributed by atoms with Crippen LogP contribution in [0.1, 0.15) is 27.8 Å². The molecule has 0 unspecified atom stereocenters. The van der Waals surface area contributed by atoms with Crippen molar-refractivity contribution in [2.24, 2.45) is 0 Å². The molecule has 0 fully saturated rings. The molecule has 0 saturated carbocycles. The topological polar surface area (TPSA) is 0 Å². The van der Waals surface area contributed by atoms with Gasteiger partial charge in [0.2, 0.25) is 0 Å². The Balaban J connectivity index is 3.40. The maximum absolute atomic E-state index is 3.95. The molecule has 0 N–H and O–H groups in total. The first-order chi connectivity index (χ1) is 5.57. The highest BCUT2D eigenvalue weighted by molar-refractivity contribution is 5.44. The number of hydrogen-bond acceptors (Lipinski definition) is 0. The molecule has 0 amide bonds. The Morgan fingerprint density at radius 3 is 2.08 bits per heavy atom. The fourth-order valence-corrected chi connectivity index (χ4v) is 1.72. The minimum atomic E-state index is 0.902. The van der Waals surface area contributed by atoms with E-state index in [4.69, 9.17) is 0 Å². The third kappa shape index (κ3) is 1.38. The number of rotatable bonds is 1. The zero-order valence-electron chi connectivity index (χ0n) is 8.49.